The number of ether oxygens (including phenoxy) is 2. The number of benzene rings is 2. The quantitative estimate of drug-likeness (QED) is 0.674. The predicted molar refractivity (Wildman–Crippen MR) is 83.8 cm³/mol. The van der Waals surface area contributed by atoms with Gasteiger partial charge in [-0.2, -0.15) is 0 Å². The highest BCUT2D eigenvalue weighted by Gasteiger charge is 2.14. The summed E-state index contributed by atoms with van der Waals surface area (Å²) in [5.74, 6) is 1.63. The average Bonchev–Trinajstić information content (AvgIpc) is 2.49. The van der Waals surface area contributed by atoms with Gasteiger partial charge in [0, 0.05) is 15.4 Å². The summed E-state index contributed by atoms with van der Waals surface area (Å²) in [7, 11) is 0. The fraction of sp³-hybridized carbons (Fsp3) is 0.188. The van der Waals surface area contributed by atoms with E-state index in [0.29, 0.717) is 13.2 Å². The summed E-state index contributed by atoms with van der Waals surface area (Å²) in [6.45, 7) is 3.18. The zero-order chi connectivity index (χ0) is 14.8. The minimum Gasteiger partial charge on any atom is -0.486 e. The van der Waals surface area contributed by atoms with Crippen molar-refractivity contribution < 1.29 is 9.47 Å². The lowest BCUT2D eigenvalue weighted by Gasteiger charge is -2.19. The smallest absolute Gasteiger partial charge is 0.162 e. The van der Waals surface area contributed by atoms with E-state index < -0.39 is 0 Å². The zero-order valence-electron chi connectivity index (χ0n) is 11.7. The van der Waals surface area contributed by atoms with Gasteiger partial charge in [-0.3, -0.25) is 5.41 Å². The first-order chi connectivity index (χ1) is 10.1. The van der Waals surface area contributed by atoms with Crippen molar-refractivity contribution in [1.29, 1.82) is 5.41 Å². The van der Waals surface area contributed by atoms with Gasteiger partial charge in [0.1, 0.15) is 19.0 Å². The number of nitrogens with two attached hydrogens (primary N) is 1. The van der Waals surface area contributed by atoms with E-state index in [1.54, 1.807) is 11.8 Å². The number of nitrogen functional groups attached to an aromatic ring is 1. The molecular formula is C16H16N2O2S. The molecule has 2 aromatic carbocycles. The third kappa shape index (κ3) is 2.83. The van der Waals surface area contributed by atoms with Crippen molar-refractivity contribution >= 4 is 17.6 Å². The van der Waals surface area contributed by atoms with Crippen LogP contribution in [0.2, 0.25) is 0 Å². The van der Waals surface area contributed by atoms with Crippen molar-refractivity contribution in [3.8, 4) is 11.5 Å². The van der Waals surface area contributed by atoms with Crippen molar-refractivity contribution in [3.05, 3.63) is 47.5 Å². The molecule has 1 aliphatic heterocycles. The normalized spacial score (nSPS) is 13.0. The van der Waals surface area contributed by atoms with Crippen molar-refractivity contribution in [1.82, 2.24) is 0 Å². The molecule has 0 aliphatic carbocycles. The van der Waals surface area contributed by atoms with Gasteiger partial charge < -0.3 is 15.2 Å². The molecule has 0 fully saturated rings. The maximum absolute atomic E-state index is 7.71. The van der Waals surface area contributed by atoms with Gasteiger partial charge in [-0.05, 0) is 30.7 Å². The summed E-state index contributed by atoms with van der Waals surface area (Å²) in [5, 5.41) is 7.71. The molecule has 1 aliphatic rings. The van der Waals surface area contributed by atoms with E-state index in [4.69, 9.17) is 20.6 Å². The Bertz CT molecular complexity index is 701. The molecule has 0 radical (unpaired) electrons. The van der Waals surface area contributed by atoms with Crippen LogP contribution in [-0.4, -0.2) is 19.0 Å². The first kappa shape index (κ1) is 13.8. The molecule has 5 heteroatoms. The van der Waals surface area contributed by atoms with Crippen LogP contribution < -0.4 is 15.2 Å². The van der Waals surface area contributed by atoms with Crippen LogP contribution in [0.4, 0.5) is 0 Å². The molecular weight excluding hydrogens is 284 g/mol. The molecule has 0 atom stereocenters. The van der Waals surface area contributed by atoms with Crippen LogP contribution in [0.15, 0.2) is 46.2 Å². The number of nitrogens with one attached hydrogen (secondary N) is 1. The van der Waals surface area contributed by atoms with Crippen LogP contribution >= 0.6 is 11.8 Å². The van der Waals surface area contributed by atoms with Crippen LogP contribution in [0.1, 0.15) is 11.1 Å². The van der Waals surface area contributed by atoms with E-state index in [9.17, 15) is 0 Å². The third-order valence-corrected chi connectivity index (χ3v) is 4.47. The fourth-order valence-corrected chi connectivity index (χ4v) is 3.26. The van der Waals surface area contributed by atoms with Gasteiger partial charge in [-0.15, -0.1) is 0 Å². The standard InChI is InChI=1S/C16H16N2O2S/c1-10-3-2-4-12(16(17)18)15(10)21-11-5-6-13-14(9-11)20-8-7-19-13/h2-6,9H,7-8H2,1H3,(H3,17,18). The SMILES string of the molecule is Cc1cccc(C(=N)N)c1Sc1ccc2c(c1)OCCO2. The monoisotopic (exact) mass is 300 g/mol. The average molecular weight is 300 g/mol. The van der Waals surface area contributed by atoms with E-state index in [-0.39, 0.29) is 5.84 Å². The molecule has 0 aromatic heterocycles. The minimum atomic E-state index is 0.0822. The second-order valence-corrected chi connectivity index (χ2v) is 5.86. The molecule has 0 bridgehead atoms. The number of aryl methyl sites for hydroxylation is 1. The molecule has 0 saturated heterocycles. The molecule has 0 spiro atoms. The molecule has 0 unspecified atom stereocenters. The van der Waals surface area contributed by atoms with Gasteiger partial charge in [0.25, 0.3) is 0 Å². The van der Waals surface area contributed by atoms with E-state index in [1.807, 2.05) is 43.3 Å². The number of hydrogen-bond donors (Lipinski definition) is 2. The Morgan fingerprint density at radius 2 is 1.90 bits per heavy atom. The summed E-state index contributed by atoms with van der Waals surface area (Å²) in [4.78, 5) is 2.04. The van der Waals surface area contributed by atoms with E-state index in [2.05, 4.69) is 0 Å². The van der Waals surface area contributed by atoms with Crippen molar-refractivity contribution in [2.24, 2.45) is 5.73 Å². The van der Waals surface area contributed by atoms with Crippen LogP contribution in [0.3, 0.4) is 0 Å². The molecule has 3 rings (SSSR count). The zero-order valence-corrected chi connectivity index (χ0v) is 12.5. The second kappa shape index (κ2) is 5.69. The molecule has 0 amide bonds. The second-order valence-electron chi connectivity index (χ2n) is 4.77. The summed E-state index contributed by atoms with van der Waals surface area (Å²) in [6.07, 6.45) is 0. The molecule has 0 saturated carbocycles. The number of amidine groups is 1. The fourth-order valence-electron chi connectivity index (χ4n) is 2.21. The maximum atomic E-state index is 7.71. The molecule has 4 nitrogen and oxygen atoms in total. The highest BCUT2D eigenvalue weighted by atomic mass is 32.2. The first-order valence-electron chi connectivity index (χ1n) is 6.66. The highest BCUT2D eigenvalue weighted by Crippen LogP contribution is 2.38. The maximum Gasteiger partial charge on any atom is 0.162 e. The molecule has 108 valence electrons. The van der Waals surface area contributed by atoms with Crippen LogP contribution in [0.5, 0.6) is 11.5 Å². The Morgan fingerprint density at radius 3 is 2.67 bits per heavy atom. The van der Waals surface area contributed by atoms with Crippen molar-refractivity contribution in [2.45, 2.75) is 16.7 Å². The largest absolute Gasteiger partial charge is 0.486 e. The van der Waals surface area contributed by atoms with Gasteiger partial charge in [0.2, 0.25) is 0 Å². The highest BCUT2D eigenvalue weighted by molar-refractivity contribution is 7.99. The first-order valence-corrected chi connectivity index (χ1v) is 7.48. The molecule has 21 heavy (non-hydrogen) atoms. The summed E-state index contributed by atoms with van der Waals surface area (Å²) in [5.41, 5.74) is 7.53. The molecule has 1 heterocycles. The summed E-state index contributed by atoms with van der Waals surface area (Å²) < 4.78 is 11.1. The molecule has 2 aromatic rings. The van der Waals surface area contributed by atoms with Gasteiger partial charge in [0.15, 0.2) is 11.5 Å². The van der Waals surface area contributed by atoms with Gasteiger partial charge in [0.05, 0.1) is 0 Å². The summed E-state index contributed by atoms with van der Waals surface area (Å²) in [6, 6.07) is 11.7. The Morgan fingerprint density at radius 1 is 1.14 bits per heavy atom. The van der Waals surface area contributed by atoms with Crippen LogP contribution in [0, 0.1) is 12.3 Å². The van der Waals surface area contributed by atoms with Crippen LogP contribution in [0.25, 0.3) is 0 Å². The van der Waals surface area contributed by atoms with E-state index >= 15 is 0 Å². The van der Waals surface area contributed by atoms with Gasteiger partial charge in [-0.1, -0.05) is 30.0 Å². The Kier molecular flexibility index (Phi) is 3.75. The lowest BCUT2D eigenvalue weighted by Crippen LogP contribution is -2.15. The number of hydrogen-bond acceptors (Lipinski definition) is 4. The summed E-state index contributed by atoms with van der Waals surface area (Å²) >= 11 is 1.59. The van der Waals surface area contributed by atoms with E-state index in [1.165, 1.54) is 0 Å². The third-order valence-electron chi connectivity index (χ3n) is 3.24. The van der Waals surface area contributed by atoms with E-state index in [0.717, 1.165) is 32.4 Å². The van der Waals surface area contributed by atoms with Crippen molar-refractivity contribution in [3.63, 3.8) is 0 Å². The Labute approximate surface area is 127 Å². The topological polar surface area (TPSA) is 68.3 Å². The lowest BCUT2D eigenvalue weighted by molar-refractivity contribution is 0.171. The molecule has 3 N–H and O–H groups in total. The lowest BCUT2D eigenvalue weighted by atomic mass is 10.1. The van der Waals surface area contributed by atoms with Gasteiger partial charge >= 0.3 is 0 Å². The minimum absolute atomic E-state index is 0.0822. The Hall–Kier alpha value is -2.14. The van der Waals surface area contributed by atoms with Crippen LogP contribution in [-0.2, 0) is 0 Å². The number of fused-ring (bicyclic) bond motifs is 1. The Balaban J connectivity index is 1.95. The predicted octanol–water partition coefficient (Wildman–Crippen LogP) is 3.20. The van der Waals surface area contributed by atoms with Crippen molar-refractivity contribution in [2.75, 3.05) is 13.2 Å². The number of rotatable bonds is 3. The van der Waals surface area contributed by atoms with Gasteiger partial charge in [-0.25, -0.2) is 0 Å².